The predicted octanol–water partition coefficient (Wildman–Crippen LogP) is 2.89. The Morgan fingerprint density at radius 3 is 2.33 bits per heavy atom. The van der Waals surface area contributed by atoms with Gasteiger partial charge < -0.3 is 20.1 Å². The lowest BCUT2D eigenvalue weighted by molar-refractivity contribution is -0.140. The van der Waals surface area contributed by atoms with E-state index in [1.165, 1.54) is 19.3 Å². The van der Waals surface area contributed by atoms with Crippen LogP contribution in [0.5, 0.6) is 0 Å². The number of carbonyl (C=O) groups excluding carboxylic acids is 1. The maximum atomic E-state index is 10.9. The number of rotatable bonds is 14. The molecule has 0 fully saturated rings. The molecule has 0 saturated carbocycles. The van der Waals surface area contributed by atoms with Crippen molar-refractivity contribution in [1.82, 2.24) is 0 Å². The Balaban J connectivity index is 3.73. The van der Waals surface area contributed by atoms with Gasteiger partial charge in [-0.3, -0.25) is 4.79 Å². The highest BCUT2D eigenvalue weighted by Gasteiger charge is 2.13. The van der Waals surface area contributed by atoms with Gasteiger partial charge in [-0.2, -0.15) is 0 Å². The largest absolute Gasteiger partial charge is 0.469 e. The number of allylic oxidation sites excluding steroid dienone is 1. The molecule has 0 saturated heterocycles. The van der Waals surface area contributed by atoms with Crippen LogP contribution in [0.4, 0.5) is 0 Å². The first-order chi connectivity index (χ1) is 11.5. The minimum absolute atomic E-state index is 0.173. The van der Waals surface area contributed by atoms with Crippen LogP contribution in [0.2, 0.25) is 0 Å². The van der Waals surface area contributed by atoms with Gasteiger partial charge in [-0.1, -0.05) is 56.9 Å². The number of methoxy groups -OCH3 is 1. The number of hydrogen-bond donors (Lipinski definition) is 3. The van der Waals surface area contributed by atoms with Gasteiger partial charge in [-0.25, -0.2) is 0 Å². The third-order valence-corrected chi connectivity index (χ3v) is 3.81. The second kappa shape index (κ2) is 15.4. The molecule has 24 heavy (non-hydrogen) atoms. The number of ether oxygens (including phenoxy) is 1. The van der Waals surface area contributed by atoms with Gasteiger partial charge in [-0.15, -0.1) is 0 Å². The molecule has 0 aromatic heterocycles. The summed E-state index contributed by atoms with van der Waals surface area (Å²) in [6.45, 7) is 2.03. The lowest BCUT2D eigenvalue weighted by Gasteiger charge is -2.14. The molecule has 0 bridgehead atoms. The Morgan fingerprint density at radius 1 is 1.00 bits per heavy atom. The quantitative estimate of drug-likeness (QED) is 0.257. The molecule has 140 valence electrons. The van der Waals surface area contributed by atoms with E-state index in [2.05, 4.69) is 4.74 Å². The smallest absolute Gasteiger partial charge is 0.305 e. The molecule has 3 N–H and O–H groups in total. The third kappa shape index (κ3) is 13.3. The summed E-state index contributed by atoms with van der Waals surface area (Å²) in [5.41, 5.74) is 0. The highest BCUT2D eigenvalue weighted by atomic mass is 16.5. The first kappa shape index (κ1) is 22.8. The summed E-state index contributed by atoms with van der Waals surface area (Å²) in [6, 6.07) is 0. The zero-order valence-electron chi connectivity index (χ0n) is 15.1. The van der Waals surface area contributed by atoms with E-state index in [4.69, 9.17) is 0 Å². The fourth-order valence-electron chi connectivity index (χ4n) is 2.28. The number of aliphatic hydroxyl groups excluding tert-OH is 3. The lowest BCUT2D eigenvalue weighted by atomic mass is 10.0. The fraction of sp³-hybridized carbons (Fsp3) is 0.737. The monoisotopic (exact) mass is 342 g/mol. The van der Waals surface area contributed by atoms with Crippen molar-refractivity contribution in [1.29, 1.82) is 0 Å². The fourth-order valence-corrected chi connectivity index (χ4v) is 2.28. The second-order valence-corrected chi connectivity index (χ2v) is 6.01. The van der Waals surface area contributed by atoms with Gasteiger partial charge in [0.2, 0.25) is 0 Å². The summed E-state index contributed by atoms with van der Waals surface area (Å²) in [5.74, 6) is -0.173. The van der Waals surface area contributed by atoms with Gasteiger partial charge in [0.05, 0.1) is 25.4 Å². The molecule has 0 rings (SSSR count). The van der Waals surface area contributed by atoms with Gasteiger partial charge in [-0.05, 0) is 25.7 Å². The molecule has 0 aliphatic heterocycles. The number of esters is 1. The van der Waals surface area contributed by atoms with E-state index in [9.17, 15) is 20.1 Å². The van der Waals surface area contributed by atoms with Gasteiger partial charge in [0.15, 0.2) is 0 Å². The number of hydrogen-bond acceptors (Lipinski definition) is 5. The van der Waals surface area contributed by atoms with E-state index in [1.807, 2.05) is 19.1 Å². The summed E-state index contributed by atoms with van der Waals surface area (Å²) < 4.78 is 4.58. The van der Waals surface area contributed by atoms with Gasteiger partial charge in [0, 0.05) is 6.42 Å². The van der Waals surface area contributed by atoms with Crippen LogP contribution in [0.15, 0.2) is 24.3 Å². The van der Waals surface area contributed by atoms with E-state index in [0.29, 0.717) is 19.3 Å². The number of unbranched alkanes of at least 4 members (excludes halogenated alkanes) is 4. The van der Waals surface area contributed by atoms with Crippen molar-refractivity contribution in [2.24, 2.45) is 0 Å². The molecule has 0 amide bonds. The highest BCUT2D eigenvalue weighted by Crippen LogP contribution is 2.12. The number of aliphatic hydroxyl groups is 3. The Kier molecular flexibility index (Phi) is 14.6. The molecule has 5 nitrogen and oxygen atoms in total. The predicted molar refractivity (Wildman–Crippen MR) is 95.5 cm³/mol. The van der Waals surface area contributed by atoms with Crippen molar-refractivity contribution < 1.29 is 24.9 Å². The minimum atomic E-state index is -0.950. The summed E-state index contributed by atoms with van der Waals surface area (Å²) in [4.78, 5) is 10.9. The Bertz CT molecular complexity index is 365. The molecule has 5 heteroatoms. The third-order valence-electron chi connectivity index (χ3n) is 3.81. The zero-order chi connectivity index (χ0) is 18.2. The standard InChI is InChI=1S/C19H34O5/c1-3-4-8-11-16(20)14-15-18(22)17(21)12-9-6-5-7-10-13-19(23)24-2/h4,8,14-18,20-22H,3,5-7,9-13H2,1-2H3/t16-,17-,18+/m0/s1. The Hall–Kier alpha value is -1.17. The van der Waals surface area contributed by atoms with Crippen molar-refractivity contribution in [3.8, 4) is 0 Å². The Morgan fingerprint density at radius 2 is 1.67 bits per heavy atom. The highest BCUT2D eigenvalue weighted by molar-refractivity contribution is 5.68. The molecule has 0 aromatic carbocycles. The van der Waals surface area contributed by atoms with Crippen LogP contribution in [-0.2, 0) is 9.53 Å². The molecule has 0 aromatic rings. The number of carbonyl (C=O) groups is 1. The van der Waals surface area contributed by atoms with Crippen LogP contribution in [0, 0.1) is 0 Å². The van der Waals surface area contributed by atoms with Crippen molar-refractivity contribution >= 4 is 5.97 Å². The molecule has 0 aliphatic carbocycles. The normalized spacial score (nSPS) is 15.7. The molecular weight excluding hydrogens is 308 g/mol. The van der Waals surface area contributed by atoms with Crippen LogP contribution in [-0.4, -0.2) is 46.7 Å². The van der Waals surface area contributed by atoms with Crippen LogP contribution < -0.4 is 0 Å². The first-order valence-electron chi connectivity index (χ1n) is 8.95. The van der Waals surface area contributed by atoms with E-state index in [0.717, 1.165) is 38.5 Å². The molecule has 0 spiro atoms. The maximum absolute atomic E-state index is 10.9. The molecule has 0 aliphatic rings. The lowest BCUT2D eigenvalue weighted by Crippen LogP contribution is -2.24. The topological polar surface area (TPSA) is 87.0 Å². The Labute approximate surface area is 146 Å². The van der Waals surface area contributed by atoms with E-state index in [-0.39, 0.29) is 5.97 Å². The first-order valence-corrected chi connectivity index (χ1v) is 8.95. The van der Waals surface area contributed by atoms with Crippen molar-refractivity contribution in [3.05, 3.63) is 24.3 Å². The van der Waals surface area contributed by atoms with Crippen molar-refractivity contribution in [3.63, 3.8) is 0 Å². The van der Waals surface area contributed by atoms with Crippen LogP contribution in [0.25, 0.3) is 0 Å². The summed E-state index contributed by atoms with van der Waals surface area (Å²) in [6.07, 6.45) is 11.5. The average molecular weight is 342 g/mol. The van der Waals surface area contributed by atoms with Crippen molar-refractivity contribution in [2.75, 3.05) is 7.11 Å². The summed E-state index contributed by atoms with van der Waals surface area (Å²) in [5, 5.41) is 29.4. The average Bonchev–Trinajstić information content (AvgIpc) is 2.58. The summed E-state index contributed by atoms with van der Waals surface area (Å²) in [7, 11) is 1.39. The molecule has 0 radical (unpaired) electrons. The van der Waals surface area contributed by atoms with E-state index in [1.54, 1.807) is 0 Å². The van der Waals surface area contributed by atoms with Crippen LogP contribution >= 0.6 is 0 Å². The van der Waals surface area contributed by atoms with Crippen molar-refractivity contribution in [2.45, 2.75) is 83.0 Å². The van der Waals surface area contributed by atoms with Crippen LogP contribution in [0.1, 0.15) is 64.7 Å². The maximum Gasteiger partial charge on any atom is 0.305 e. The SMILES string of the molecule is CCC=CC[C@H](O)C=C[C@@H](O)[C@@H](O)CCCCCCCC(=O)OC. The molecule has 0 unspecified atom stereocenters. The molecule has 3 atom stereocenters. The van der Waals surface area contributed by atoms with Gasteiger partial charge >= 0.3 is 5.97 Å². The van der Waals surface area contributed by atoms with Crippen LogP contribution in [0.3, 0.4) is 0 Å². The second-order valence-electron chi connectivity index (χ2n) is 6.01. The van der Waals surface area contributed by atoms with Gasteiger partial charge in [0.25, 0.3) is 0 Å². The zero-order valence-corrected chi connectivity index (χ0v) is 15.1. The van der Waals surface area contributed by atoms with Gasteiger partial charge in [0.1, 0.15) is 0 Å². The molecule has 0 heterocycles. The minimum Gasteiger partial charge on any atom is -0.469 e. The van der Waals surface area contributed by atoms with E-state index >= 15 is 0 Å². The summed E-state index contributed by atoms with van der Waals surface area (Å²) >= 11 is 0. The van der Waals surface area contributed by atoms with E-state index < -0.39 is 18.3 Å². The molecular formula is C19H34O5.